The second-order valence-corrected chi connectivity index (χ2v) is 9.18. The maximum atomic E-state index is 13.9. The number of piperidine rings is 1. The van der Waals surface area contributed by atoms with E-state index in [0.29, 0.717) is 23.6 Å². The monoisotopic (exact) mass is 467 g/mol. The summed E-state index contributed by atoms with van der Waals surface area (Å²) in [6.45, 7) is 9.12. The Balaban J connectivity index is 1.73. The maximum absolute atomic E-state index is 13.9. The van der Waals surface area contributed by atoms with Gasteiger partial charge in [0.2, 0.25) is 11.8 Å². The van der Waals surface area contributed by atoms with Crippen molar-refractivity contribution < 1.29 is 14.0 Å². The third-order valence-corrected chi connectivity index (χ3v) is 6.50. The molecule has 34 heavy (non-hydrogen) atoms. The van der Waals surface area contributed by atoms with Crippen LogP contribution in [-0.4, -0.2) is 47.0 Å². The molecule has 0 spiro atoms. The van der Waals surface area contributed by atoms with Crippen LogP contribution in [0.4, 0.5) is 10.2 Å². The van der Waals surface area contributed by atoms with Crippen molar-refractivity contribution in [3.05, 3.63) is 46.9 Å². The van der Waals surface area contributed by atoms with E-state index in [1.54, 1.807) is 16.7 Å². The first kappa shape index (κ1) is 25.4. The summed E-state index contributed by atoms with van der Waals surface area (Å²) < 4.78 is 15.6. The number of nitriles is 1. The highest BCUT2D eigenvalue weighted by atomic mass is 19.1. The molecule has 7 nitrogen and oxygen atoms in total. The van der Waals surface area contributed by atoms with E-state index in [9.17, 15) is 19.2 Å². The maximum Gasteiger partial charge on any atom is 0.239 e. The number of nitrogens with one attached hydrogen (secondary N) is 2. The number of benzene rings is 1. The average molecular weight is 468 g/mol. The molecule has 2 aromatic rings. The van der Waals surface area contributed by atoms with Crippen molar-refractivity contribution in [2.75, 3.05) is 25.0 Å². The highest BCUT2D eigenvalue weighted by Gasteiger charge is 2.28. The van der Waals surface area contributed by atoms with Gasteiger partial charge in [0.25, 0.3) is 0 Å². The van der Waals surface area contributed by atoms with Gasteiger partial charge in [0.1, 0.15) is 17.7 Å². The zero-order valence-corrected chi connectivity index (χ0v) is 20.4. The Morgan fingerprint density at radius 3 is 2.76 bits per heavy atom. The van der Waals surface area contributed by atoms with Crippen molar-refractivity contribution in [2.45, 2.75) is 59.4 Å². The first-order valence-electron chi connectivity index (χ1n) is 12.0. The van der Waals surface area contributed by atoms with Gasteiger partial charge in [-0.15, -0.1) is 0 Å². The number of carbonyl (C=O) groups is 2. The molecule has 1 aromatic heterocycles. The van der Waals surface area contributed by atoms with E-state index in [4.69, 9.17) is 0 Å². The lowest BCUT2D eigenvalue weighted by Gasteiger charge is -2.32. The highest BCUT2D eigenvalue weighted by molar-refractivity contribution is 5.93. The lowest BCUT2D eigenvalue weighted by Crippen LogP contribution is -2.47. The SMILES string of the molecule is CCCC(C)NC(=O)C1CCCN(CC(=O)Nc2c(C#N)c(C)c(C)n2-c2cccc(F)c2)C1. The predicted octanol–water partition coefficient (Wildman–Crippen LogP) is 4.06. The molecule has 1 aliphatic heterocycles. The lowest BCUT2D eigenvalue weighted by molar-refractivity contribution is -0.128. The molecule has 2 atom stereocenters. The van der Waals surface area contributed by atoms with Gasteiger partial charge in [-0.05, 0) is 70.3 Å². The molecule has 182 valence electrons. The number of likely N-dealkylation sites (tertiary alicyclic amines) is 1. The van der Waals surface area contributed by atoms with Gasteiger partial charge in [-0.25, -0.2) is 4.39 Å². The van der Waals surface area contributed by atoms with E-state index in [-0.39, 0.29) is 30.3 Å². The fourth-order valence-electron chi connectivity index (χ4n) is 4.65. The number of carbonyl (C=O) groups excluding carboxylic acids is 2. The molecule has 1 aromatic carbocycles. The van der Waals surface area contributed by atoms with Crippen molar-refractivity contribution in [2.24, 2.45) is 5.92 Å². The average Bonchev–Trinajstić information content (AvgIpc) is 3.02. The summed E-state index contributed by atoms with van der Waals surface area (Å²) in [5.74, 6) is -0.426. The minimum atomic E-state index is -0.398. The molecular weight excluding hydrogens is 433 g/mol. The van der Waals surface area contributed by atoms with E-state index < -0.39 is 5.82 Å². The second-order valence-electron chi connectivity index (χ2n) is 9.18. The summed E-state index contributed by atoms with van der Waals surface area (Å²) >= 11 is 0. The fraction of sp³-hybridized carbons (Fsp3) is 0.500. The van der Waals surface area contributed by atoms with E-state index in [1.165, 1.54) is 12.1 Å². The standard InChI is InChI=1S/C26H34FN5O2/c1-5-8-17(2)29-26(34)20-9-7-12-31(15-20)16-24(33)30-25-23(14-28)18(3)19(4)32(25)22-11-6-10-21(27)13-22/h6,10-11,13,17,20H,5,7-9,12,15-16H2,1-4H3,(H,29,34)(H,30,33). The normalized spacial score (nSPS) is 17.1. The lowest BCUT2D eigenvalue weighted by atomic mass is 9.96. The van der Waals surface area contributed by atoms with E-state index in [2.05, 4.69) is 23.6 Å². The third kappa shape index (κ3) is 5.84. The van der Waals surface area contributed by atoms with E-state index >= 15 is 0 Å². The van der Waals surface area contributed by atoms with Crippen LogP contribution in [0.2, 0.25) is 0 Å². The fourth-order valence-corrected chi connectivity index (χ4v) is 4.65. The summed E-state index contributed by atoms with van der Waals surface area (Å²) in [4.78, 5) is 27.6. The number of hydrogen-bond acceptors (Lipinski definition) is 4. The van der Waals surface area contributed by atoms with Gasteiger partial charge in [0, 0.05) is 18.3 Å². The Hall–Kier alpha value is -3.18. The van der Waals surface area contributed by atoms with Crippen LogP contribution in [0.25, 0.3) is 5.69 Å². The topological polar surface area (TPSA) is 90.2 Å². The summed E-state index contributed by atoms with van der Waals surface area (Å²) in [5.41, 5.74) is 2.38. The molecule has 1 aliphatic rings. The molecule has 0 bridgehead atoms. The smallest absolute Gasteiger partial charge is 0.239 e. The molecule has 2 amide bonds. The first-order chi connectivity index (χ1) is 16.2. The molecule has 1 saturated heterocycles. The van der Waals surface area contributed by atoms with Crippen LogP contribution in [0.15, 0.2) is 24.3 Å². The number of nitrogens with zero attached hydrogens (tertiary/aromatic N) is 3. The molecule has 0 aliphatic carbocycles. The second kappa shape index (κ2) is 11.3. The minimum Gasteiger partial charge on any atom is -0.353 e. The van der Waals surface area contributed by atoms with Gasteiger partial charge in [-0.3, -0.25) is 19.1 Å². The summed E-state index contributed by atoms with van der Waals surface area (Å²) in [5, 5.41) is 15.7. The quantitative estimate of drug-likeness (QED) is 0.613. The highest BCUT2D eigenvalue weighted by Crippen LogP contribution is 2.30. The summed E-state index contributed by atoms with van der Waals surface area (Å²) in [6.07, 6.45) is 3.60. The number of aromatic nitrogens is 1. The minimum absolute atomic E-state index is 0.0454. The van der Waals surface area contributed by atoms with Crippen molar-refractivity contribution in [3.63, 3.8) is 0 Å². The van der Waals surface area contributed by atoms with Crippen molar-refractivity contribution >= 4 is 17.6 Å². The van der Waals surface area contributed by atoms with Gasteiger partial charge in [0.15, 0.2) is 0 Å². The van der Waals surface area contributed by atoms with Crippen LogP contribution in [0.5, 0.6) is 0 Å². The molecule has 2 unspecified atom stereocenters. The Kier molecular flexibility index (Phi) is 8.46. The number of anilines is 1. The Morgan fingerprint density at radius 1 is 1.32 bits per heavy atom. The van der Waals surface area contributed by atoms with Crippen LogP contribution in [-0.2, 0) is 9.59 Å². The molecule has 2 N–H and O–H groups in total. The number of rotatable bonds is 8. The Morgan fingerprint density at radius 2 is 2.09 bits per heavy atom. The molecule has 1 fully saturated rings. The largest absolute Gasteiger partial charge is 0.353 e. The van der Waals surface area contributed by atoms with Crippen LogP contribution in [0.1, 0.15) is 56.4 Å². The zero-order valence-electron chi connectivity index (χ0n) is 20.4. The molecule has 3 rings (SSSR count). The predicted molar refractivity (Wildman–Crippen MR) is 130 cm³/mol. The van der Waals surface area contributed by atoms with Gasteiger partial charge < -0.3 is 10.6 Å². The van der Waals surface area contributed by atoms with Gasteiger partial charge in [-0.2, -0.15) is 5.26 Å². The first-order valence-corrected chi connectivity index (χ1v) is 12.0. The molecule has 2 heterocycles. The van der Waals surface area contributed by atoms with Crippen molar-refractivity contribution in [1.82, 2.24) is 14.8 Å². The van der Waals surface area contributed by atoms with Crippen LogP contribution >= 0.6 is 0 Å². The van der Waals surface area contributed by atoms with Crippen LogP contribution < -0.4 is 10.6 Å². The Bertz CT molecular complexity index is 1090. The zero-order chi connectivity index (χ0) is 24.8. The number of hydrogen-bond donors (Lipinski definition) is 2. The molecule has 0 saturated carbocycles. The van der Waals surface area contributed by atoms with Crippen LogP contribution in [0.3, 0.4) is 0 Å². The molecule has 0 radical (unpaired) electrons. The summed E-state index contributed by atoms with van der Waals surface area (Å²) in [7, 11) is 0. The van der Waals surface area contributed by atoms with Crippen molar-refractivity contribution in [1.29, 1.82) is 5.26 Å². The Labute approximate surface area is 200 Å². The molecule has 8 heteroatoms. The van der Waals surface area contributed by atoms with Gasteiger partial charge in [0.05, 0.1) is 23.7 Å². The van der Waals surface area contributed by atoms with Crippen molar-refractivity contribution in [3.8, 4) is 11.8 Å². The van der Waals surface area contributed by atoms with Gasteiger partial charge >= 0.3 is 0 Å². The number of amides is 2. The van der Waals surface area contributed by atoms with Crippen LogP contribution in [0, 0.1) is 36.9 Å². The number of halogens is 1. The summed E-state index contributed by atoms with van der Waals surface area (Å²) in [6, 6.07) is 8.37. The van der Waals surface area contributed by atoms with Gasteiger partial charge in [-0.1, -0.05) is 19.4 Å². The van der Waals surface area contributed by atoms with E-state index in [0.717, 1.165) is 43.5 Å². The molecular formula is C26H34FN5O2. The third-order valence-electron chi connectivity index (χ3n) is 6.50. The van der Waals surface area contributed by atoms with E-state index in [1.807, 2.05) is 25.7 Å².